The highest BCUT2D eigenvalue weighted by atomic mass is 32.1. The number of carbonyl (C=O) groups is 1. The average molecular weight is 452 g/mol. The van der Waals surface area contributed by atoms with Gasteiger partial charge >= 0.3 is 0 Å². The van der Waals surface area contributed by atoms with E-state index in [1.807, 2.05) is 17.5 Å². The fraction of sp³-hybridized carbons (Fsp3) is 0.304. The lowest BCUT2D eigenvalue weighted by Crippen LogP contribution is -2.16. The highest BCUT2D eigenvalue weighted by Gasteiger charge is 2.19. The molecular weight excluding hydrogens is 429 g/mol. The summed E-state index contributed by atoms with van der Waals surface area (Å²) in [5.41, 5.74) is 1.36. The van der Waals surface area contributed by atoms with Gasteiger partial charge in [-0.15, -0.1) is 21.5 Å². The Morgan fingerprint density at radius 1 is 1.25 bits per heavy atom. The van der Waals surface area contributed by atoms with Crippen molar-refractivity contribution in [3.63, 3.8) is 0 Å². The number of nitrogens with zero attached hydrogens (tertiary/aromatic N) is 4. The number of hydrogen-bond acceptors (Lipinski definition) is 6. The van der Waals surface area contributed by atoms with E-state index in [0.29, 0.717) is 23.2 Å². The van der Waals surface area contributed by atoms with Crippen LogP contribution in [0.2, 0.25) is 0 Å². The van der Waals surface area contributed by atoms with Crippen molar-refractivity contribution in [2.24, 2.45) is 0 Å². The summed E-state index contributed by atoms with van der Waals surface area (Å²) in [5.74, 6) is 1.84. The first kappa shape index (κ1) is 20.6. The van der Waals surface area contributed by atoms with Gasteiger partial charge in [0.05, 0.1) is 22.7 Å². The normalized spacial score (nSPS) is 13.6. The fourth-order valence-corrected chi connectivity index (χ4v) is 4.55. The van der Waals surface area contributed by atoms with Crippen LogP contribution in [0.4, 0.5) is 10.1 Å². The molecule has 9 heteroatoms. The van der Waals surface area contributed by atoms with Crippen molar-refractivity contribution in [2.75, 3.05) is 5.32 Å². The van der Waals surface area contributed by atoms with Gasteiger partial charge in [0.1, 0.15) is 17.4 Å². The van der Waals surface area contributed by atoms with Crippen LogP contribution in [0.1, 0.15) is 36.5 Å². The number of hydrogen-bond donors (Lipinski definition) is 1. The van der Waals surface area contributed by atoms with Gasteiger partial charge in [-0.3, -0.25) is 4.79 Å². The van der Waals surface area contributed by atoms with Gasteiger partial charge in [0.15, 0.2) is 5.82 Å². The molecule has 0 fully saturated rings. The van der Waals surface area contributed by atoms with Gasteiger partial charge in [-0.25, -0.2) is 9.37 Å². The van der Waals surface area contributed by atoms with Gasteiger partial charge in [-0.2, -0.15) is 0 Å². The lowest BCUT2D eigenvalue weighted by molar-refractivity contribution is -0.115. The molecule has 0 bridgehead atoms. The summed E-state index contributed by atoms with van der Waals surface area (Å²) in [6.45, 7) is 2.61. The van der Waals surface area contributed by atoms with Gasteiger partial charge in [0.2, 0.25) is 11.8 Å². The SMILES string of the molecule is Cc1oc(-c2cccs2)nc1CC(=O)Nc1cc(-c2nnc3n2CCCCC3)ccc1F. The first-order valence-corrected chi connectivity index (χ1v) is 11.5. The molecule has 0 radical (unpaired) electrons. The zero-order valence-electron chi connectivity index (χ0n) is 17.6. The Balaban J connectivity index is 1.35. The van der Waals surface area contributed by atoms with E-state index in [1.165, 1.54) is 17.4 Å². The van der Waals surface area contributed by atoms with E-state index in [4.69, 9.17) is 4.42 Å². The summed E-state index contributed by atoms with van der Waals surface area (Å²) in [5, 5.41) is 13.2. The van der Waals surface area contributed by atoms with E-state index in [-0.39, 0.29) is 18.0 Å². The van der Waals surface area contributed by atoms with Gasteiger partial charge < -0.3 is 14.3 Å². The lowest BCUT2D eigenvalue weighted by atomic mass is 10.1. The topological polar surface area (TPSA) is 85.8 Å². The second-order valence-corrected chi connectivity index (χ2v) is 8.77. The molecular formula is C23H22FN5O2S. The molecule has 4 heterocycles. The predicted octanol–water partition coefficient (Wildman–Crippen LogP) is 5.02. The molecule has 3 aromatic heterocycles. The molecule has 7 nitrogen and oxygen atoms in total. The number of rotatable bonds is 5. The molecule has 1 N–H and O–H groups in total. The molecule has 1 aliphatic rings. The fourth-order valence-electron chi connectivity index (χ4n) is 3.90. The number of nitrogens with one attached hydrogen (secondary N) is 1. The molecule has 0 saturated carbocycles. The quantitative estimate of drug-likeness (QED) is 0.461. The van der Waals surface area contributed by atoms with E-state index < -0.39 is 5.82 Å². The number of fused-ring (bicyclic) bond motifs is 1. The molecule has 164 valence electrons. The van der Waals surface area contributed by atoms with Crippen molar-refractivity contribution >= 4 is 22.9 Å². The molecule has 32 heavy (non-hydrogen) atoms. The maximum Gasteiger partial charge on any atom is 0.236 e. The van der Waals surface area contributed by atoms with Gasteiger partial charge in [-0.1, -0.05) is 12.5 Å². The number of benzene rings is 1. The van der Waals surface area contributed by atoms with Crippen LogP contribution >= 0.6 is 11.3 Å². The highest BCUT2D eigenvalue weighted by molar-refractivity contribution is 7.13. The summed E-state index contributed by atoms with van der Waals surface area (Å²) in [4.78, 5) is 18.0. The molecule has 0 unspecified atom stereocenters. The molecule has 5 rings (SSSR count). The molecule has 0 spiro atoms. The molecule has 0 saturated heterocycles. The van der Waals surface area contributed by atoms with Crippen molar-refractivity contribution in [1.29, 1.82) is 0 Å². The van der Waals surface area contributed by atoms with Crippen LogP contribution in [0.15, 0.2) is 40.1 Å². The van der Waals surface area contributed by atoms with Gasteiger partial charge in [-0.05, 0) is 49.4 Å². The van der Waals surface area contributed by atoms with Crippen LogP contribution in [0, 0.1) is 12.7 Å². The Morgan fingerprint density at radius 3 is 3.00 bits per heavy atom. The minimum absolute atomic E-state index is 0.00922. The summed E-state index contributed by atoms with van der Waals surface area (Å²) in [7, 11) is 0. The molecule has 0 atom stereocenters. The van der Waals surface area contributed by atoms with E-state index in [2.05, 4.69) is 25.1 Å². The van der Waals surface area contributed by atoms with Crippen LogP contribution in [0.3, 0.4) is 0 Å². The van der Waals surface area contributed by atoms with Crippen molar-refractivity contribution in [3.8, 4) is 22.2 Å². The van der Waals surface area contributed by atoms with E-state index in [9.17, 15) is 9.18 Å². The van der Waals surface area contributed by atoms with Gasteiger partial charge in [0.25, 0.3) is 0 Å². The van der Waals surface area contributed by atoms with Crippen LogP contribution in [0.25, 0.3) is 22.2 Å². The molecule has 0 aliphatic carbocycles. The first-order chi connectivity index (χ1) is 15.6. The van der Waals surface area contributed by atoms with E-state index in [0.717, 1.165) is 48.5 Å². The Hall–Kier alpha value is -3.33. The second kappa shape index (κ2) is 8.66. The second-order valence-electron chi connectivity index (χ2n) is 7.82. The monoisotopic (exact) mass is 451 g/mol. The maximum atomic E-state index is 14.5. The Bertz CT molecular complexity index is 1260. The van der Waals surface area contributed by atoms with Crippen LogP contribution < -0.4 is 5.32 Å². The average Bonchev–Trinajstić information content (AvgIpc) is 3.48. The first-order valence-electron chi connectivity index (χ1n) is 10.6. The van der Waals surface area contributed by atoms with Crippen molar-refractivity contribution in [1.82, 2.24) is 19.7 Å². The van der Waals surface area contributed by atoms with Crippen LogP contribution in [0.5, 0.6) is 0 Å². The number of aryl methyl sites for hydroxylation is 2. The molecule has 1 aromatic carbocycles. The molecule has 1 amide bonds. The van der Waals surface area contributed by atoms with Crippen molar-refractivity contribution in [3.05, 3.63) is 58.8 Å². The van der Waals surface area contributed by atoms with Crippen molar-refractivity contribution in [2.45, 2.75) is 45.6 Å². The minimum atomic E-state index is -0.506. The number of carbonyl (C=O) groups excluding carboxylic acids is 1. The number of amides is 1. The third-order valence-corrected chi connectivity index (χ3v) is 6.42. The largest absolute Gasteiger partial charge is 0.440 e. The van der Waals surface area contributed by atoms with Crippen LogP contribution in [-0.2, 0) is 24.2 Å². The Morgan fingerprint density at radius 2 is 2.16 bits per heavy atom. The van der Waals surface area contributed by atoms with E-state index >= 15 is 0 Å². The molecule has 4 aromatic rings. The number of halogens is 1. The predicted molar refractivity (Wildman–Crippen MR) is 120 cm³/mol. The summed E-state index contributed by atoms with van der Waals surface area (Å²) in [6, 6.07) is 8.45. The highest BCUT2D eigenvalue weighted by Crippen LogP contribution is 2.28. The Kier molecular flexibility index (Phi) is 5.57. The summed E-state index contributed by atoms with van der Waals surface area (Å²) in [6.07, 6.45) is 4.20. The molecule has 1 aliphatic heterocycles. The van der Waals surface area contributed by atoms with E-state index in [1.54, 1.807) is 19.1 Å². The summed E-state index contributed by atoms with van der Waals surface area (Å²) >= 11 is 1.51. The standard InChI is InChI=1S/C23H22FN5O2S/c1-14-17(26-23(31-14)19-6-5-11-32-19)13-21(30)25-18-12-15(8-9-16(18)24)22-28-27-20-7-3-2-4-10-29(20)22/h5-6,8-9,11-12H,2-4,7,10,13H2,1H3,(H,25,30). The summed E-state index contributed by atoms with van der Waals surface area (Å²) < 4.78 is 22.3. The van der Waals surface area contributed by atoms with Crippen LogP contribution in [-0.4, -0.2) is 25.7 Å². The third-order valence-electron chi connectivity index (χ3n) is 5.56. The third kappa shape index (κ3) is 4.08. The minimum Gasteiger partial charge on any atom is -0.440 e. The number of aromatic nitrogens is 4. The number of thiophene rings is 1. The number of oxazole rings is 1. The number of anilines is 1. The lowest BCUT2D eigenvalue weighted by Gasteiger charge is -2.10. The van der Waals surface area contributed by atoms with Crippen molar-refractivity contribution < 1.29 is 13.6 Å². The maximum absolute atomic E-state index is 14.5. The van der Waals surface area contributed by atoms with Gasteiger partial charge in [0, 0.05) is 18.5 Å². The smallest absolute Gasteiger partial charge is 0.236 e. The Labute approximate surface area is 188 Å². The zero-order valence-corrected chi connectivity index (χ0v) is 18.4. The zero-order chi connectivity index (χ0) is 22.1.